The highest BCUT2D eigenvalue weighted by Crippen LogP contribution is 2.48. The SMILES string of the molecule is c1ccc(N(c2ccc(-c3ccc(C4c5ccccc5-c5ccccc54)cc3)cc2)c2ccc(-c3ccc4ccccc4c3)cc2)cc1. The highest BCUT2D eigenvalue weighted by atomic mass is 15.1. The van der Waals surface area contributed by atoms with Crippen molar-refractivity contribution >= 4 is 27.8 Å². The molecule has 0 spiro atoms. The standard InChI is InChI=1S/C47H33N/c1-2-12-40(13-3-1)48(42-30-26-36(27-31-42)39-23-20-33-10-4-5-11-38(33)32-39)41-28-24-35(25-29-41)34-18-21-37(22-19-34)47-45-16-8-6-14-43(45)44-15-7-9-17-46(44)47/h1-32,47H. The van der Waals surface area contributed by atoms with Gasteiger partial charge in [-0.2, -0.15) is 0 Å². The lowest BCUT2D eigenvalue weighted by atomic mass is 9.88. The Hall–Kier alpha value is -6.18. The minimum atomic E-state index is 0.265. The molecule has 1 nitrogen and oxygen atoms in total. The van der Waals surface area contributed by atoms with E-state index in [9.17, 15) is 0 Å². The Morgan fingerprint density at radius 2 is 0.750 bits per heavy atom. The van der Waals surface area contributed by atoms with Gasteiger partial charge in [0.1, 0.15) is 0 Å². The van der Waals surface area contributed by atoms with Crippen LogP contribution in [0, 0.1) is 0 Å². The summed E-state index contributed by atoms with van der Waals surface area (Å²) >= 11 is 0. The first-order valence-electron chi connectivity index (χ1n) is 16.6. The second-order valence-electron chi connectivity index (χ2n) is 12.6. The highest BCUT2D eigenvalue weighted by Gasteiger charge is 2.29. The Bertz CT molecular complexity index is 2320. The van der Waals surface area contributed by atoms with E-state index in [1.165, 1.54) is 60.8 Å². The maximum absolute atomic E-state index is 2.33. The third-order valence-electron chi connectivity index (χ3n) is 9.76. The maximum atomic E-state index is 2.33. The molecule has 0 amide bonds. The molecule has 0 heterocycles. The molecule has 0 bridgehead atoms. The van der Waals surface area contributed by atoms with Gasteiger partial charge in [0.25, 0.3) is 0 Å². The Kier molecular flexibility index (Phi) is 6.95. The second-order valence-corrected chi connectivity index (χ2v) is 12.6. The van der Waals surface area contributed by atoms with Gasteiger partial charge >= 0.3 is 0 Å². The van der Waals surface area contributed by atoms with Crippen molar-refractivity contribution in [1.82, 2.24) is 0 Å². The molecule has 0 saturated carbocycles. The quantitative estimate of drug-likeness (QED) is 0.181. The van der Waals surface area contributed by atoms with Crippen molar-refractivity contribution < 1.29 is 0 Å². The van der Waals surface area contributed by atoms with Crippen molar-refractivity contribution in [1.29, 1.82) is 0 Å². The van der Waals surface area contributed by atoms with Crippen molar-refractivity contribution in [3.8, 4) is 33.4 Å². The largest absolute Gasteiger partial charge is 0.311 e. The van der Waals surface area contributed by atoms with E-state index in [4.69, 9.17) is 0 Å². The molecule has 226 valence electrons. The number of hydrogen-bond donors (Lipinski definition) is 0. The third kappa shape index (κ3) is 4.98. The molecule has 0 fully saturated rings. The molecule has 0 radical (unpaired) electrons. The Morgan fingerprint density at radius 1 is 0.312 bits per heavy atom. The first-order chi connectivity index (χ1) is 23.8. The first-order valence-corrected chi connectivity index (χ1v) is 16.6. The van der Waals surface area contributed by atoms with Crippen LogP contribution in [-0.2, 0) is 0 Å². The number of nitrogens with zero attached hydrogens (tertiary/aromatic N) is 1. The molecule has 0 N–H and O–H groups in total. The van der Waals surface area contributed by atoms with Crippen molar-refractivity contribution in [2.45, 2.75) is 5.92 Å². The van der Waals surface area contributed by atoms with Gasteiger partial charge in [0.15, 0.2) is 0 Å². The van der Waals surface area contributed by atoms with Crippen molar-refractivity contribution in [3.05, 3.63) is 211 Å². The molecule has 0 aliphatic heterocycles. The summed E-state index contributed by atoms with van der Waals surface area (Å²) in [6.07, 6.45) is 0. The summed E-state index contributed by atoms with van der Waals surface area (Å²) in [6.45, 7) is 0. The predicted octanol–water partition coefficient (Wildman–Crippen LogP) is 12.8. The van der Waals surface area contributed by atoms with E-state index >= 15 is 0 Å². The van der Waals surface area contributed by atoms with Crippen LogP contribution in [0.5, 0.6) is 0 Å². The average Bonchev–Trinajstić information content (AvgIpc) is 3.50. The second kappa shape index (κ2) is 11.9. The zero-order chi connectivity index (χ0) is 31.9. The van der Waals surface area contributed by atoms with Crippen LogP contribution in [0.25, 0.3) is 44.2 Å². The predicted molar refractivity (Wildman–Crippen MR) is 202 cm³/mol. The zero-order valence-corrected chi connectivity index (χ0v) is 26.5. The number of anilines is 3. The third-order valence-corrected chi connectivity index (χ3v) is 9.76. The van der Waals surface area contributed by atoms with Gasteiger partial charge in [0.2, 0.25) is 0 Å². The average molecular weight is 612 g/mol. The van der Waals surface area contributed by atoms with Gasteiger partial charge in [0, 0.05) is 23.0 Å². The van der Waals surface area contributed by atoms with Crippen molar-refractivity contribution in [3.63, 3.8) is 0 Å². The molecular formula is C47H33N. The van der Waals surface area contributed by atoms with Crippen LogP contribution in [0.15, 0.2) is 194 Å². The van der Waals surface area contributed by atoms with Crippen LogP contribution < -0.4 is 4.90 Å². The number of fused-ring (bicyclic) bond motifs is 4. The van der Waals surface area contributed by atoms with Gasteiger partial charge in [0.05, 0.1) is 0 Å². The van der Waals surface area contributed by atoms with Gasteiger partial charge in [-0.15, -0.1) is 0 Å². The molecule has 0 unspecified atom stereocenters. The Balaban J connectivity index is 1.01. The smallest absolute Gasteiger partial charge is 0.0462 e. The number of para-hydroxylation sites is 1. The molecule has 0 saturated heterocycles. The lowest BCUT2D eigenvalue weighted by Gasteiger charge is -2.26. The van der Waals surface area contributed by atoms with Gasteiger partial charge in [-0.05, 0) is 103 Å². The van der Waals surface area contributed by atoms with Gasteiger partial charge < -0.3 is 4.90 Å². The lowest BCUT2D eigenvalue weighted by Crippen LogP contribution is -2.09. The van der Waals surface area contributed by atoms with Crippen molar-refractivity contribution in [2.75, 3.05) is 4.90 Å². The maximum Gasteiger partial charge on any atom is 0.0462 e. The Morgan fingerprint density at radius 3 is 1.35 bits per heavy atom. The molecule has 0 aromatic heterocycles. The minimum absolute atomic E-state index is 0.265. The monoisotopic (exact) mass is 611 g/mol. The van der Waals surface area contributed by atoms with Gasteiger partial charge in [-0.25, -0.2) is 0 Å². The summed E-state index contributed by atoms with van der Waals surface area (Å²) in [6, 6.07) is 70.5. The number of benzene rings is 8. The minimum Gasteiger partial charge on any atom is -0.311 e. The summed E-state index contributed by atoms with van der Waals surface area (Å²) in [5.41, 5.74) is 15.1. The molecular weight excluding hydrogens is 579 g/mol. The van der Waals surface area contributed by atoms with Gasteiger partial charge in [-0.1, -0.05) is 152 Å². The van der Waals surface area contributed by atoms with Crippen LogP contribution in [0.4, 0.5) is 17.1 Å². The van der Waals surface area contributed by atoms with E-state index in [0.29, 0.717) is 0 Å². The number of hydrogen-bond acceptors (Lipinski definition) is 1. The molecule has 0 atom stereocenters. The number of rotatable bonds is 6. The lowest BCUT2D eigenvalue weighted by molar-refractivity contribution is 1.02. The van der Waals surface area contributed by atoms with E-state index in [1.807, 2.05) is 0 Å². The van der Waals surface area contributed by atoms with Crippen LogP contribution in [0.1, 0.15) is 22.6 Å². The molecule has 9 rings (SSSR count). The van der Waals surface area contributed by atoms with E-state index < -0.39 is 0 Å². The Labute approximate surface area is 282 Å². The van der Waals surface area contributed by atoms with Crippen molar-refractivity contribution in [2.24, 2.45) is 0 Å². The summed E-state index contributed by atoms with van der Waals surface area (Å²) in [5.74, 6) is 0.265. The van der Waals surface area contributed by atoms with E-state index in [-0.39, 0.29) is 5.92 Å². The molecule has 1 aliphatic carbocycles. The summed E-state index contributed by atoms with van der Waals surface area (Å²) in [7, 11) is 0. The fraction of sp³-hybridized carbons (Fsp3) is 0.0213. The van der Waals surface area contributed by atoms with Crippen LogP contribution in [0.3, 0.4) is 0 Å². The van der Waals surface area contributed by atoms with Crippen LogP contribution in [0.2, 0.25) is 0 Å². The van der Waals surface area contributed by atoms with Gasteiger partial charge in [-0.3, -0.25) is 0 Å². The molecule has 8 aromatic carbocycles. The van der Waals surface area contributed by atoms with E-state index in [2.05, 4.69) is 199 Å². The van der Waals surface area contributed by atoms with Crippen LogP contribution >= 0.6 is 0 Å². The summed E-state index contributed by atoms with van der Waals surface area (Å²) in [5, 5.41) is 2.52. The molecule has 8 aromatic rings. The molecule has 48 heavy (non-hydrogen) atoms. The van der Waals surface area contributed by atoms with E-state index in [1.54, 1.807) is 0 Å². The topological polar surface area (TPSA) is 3.24 Å². The van der Waals surface area contributed by atoms with E-state index in [0.717, 1.165) is 17.1 Å². The normalized spacial score (nSPS) is 12.1. The highest BCUT2D eigenvalue weighted by molar-refractivity contribution is 5.88. The molecule has 1 heteroatoms. The zero-order valence-electron chi connectivity index (χ0n) is 26.5. The first kappa shape index (κ1) is 28.1. The summed E-state index contributed by atoms with van der Waals surface area (Å²) < 4.78 is 0. The summed E-state index contributed by atoms with van der Waals surface area (Å²) in [4.78, 5) is 2.33. The fourth-order valence-electron chi connectivity index (χ4n) is 7.38. The van der Waals surface area contributed by atoms with Crippen LogP contribution in [-0.4, -0.2) is 0 Å². The fourth-order valence-corrected chi connectivity index (χ4v) is 7.38. The molecule has 1 aliphatic rings.